The van der Waals surface area contributed by atoms with Crippen molar-refractivity contribution in [3.05, 3.63) is 0 Å². The van der Waals surface area contributed by atoms with Gasteiger partial charge in [0, 0.05) is 13.0 Å². The monoisotopic (exact) mass is 228 g/mol. The summed E-state index contributed by atoms with van der Waals surface area (Å²) in [5.41, 5.74) is 5.48. The predicted molar refractivity (Wildman–Crippen MR) is 69.2 cm³/mol. The lowest BCUT2D eigenvalue weighted by Crippen LogP contribution is -2.31. The van der Waals surface area contributed by atoms with Gasteiger partial charge in [-0.15, -0.1) is 0 Å². The third kappa shape index (κ3) is 9.97. The molecule has 3 nitrogen and oxygen atoms in total. The smallest absolute Gasteiger partial charge is 0.220 e. The van der Waals surface area contributed by atoms with Crippen LogP contribution >= 0.6 is 0 Å². The van der Waals surface area contributed by atoms with Crippen molar-refractivity contribution >= 4 is 5.91 Å². The lowest BCUT2D eigenvalue weighted by Gasteiger charge is -2.09. The minimum absolute atomic E-state index is 0.177. The van der Waals surface area contributed by atoms with Crippen molar-refractivity contribution < 1.29 is 4.79 Å². The molecule has 1 unspecified atom stereocenters. The highest BCUT2D eigenvalue weighted by molar-refractivity contribution is 5.75. The van der Waals surface area contributed by atoms with Crippen LogP contribution in [0.3, 0.4) is 0 Å². The molecule has 0 aliphatic carbocycles. The first-order chi connectivity index (χ1) is 7.70. The normalized spacial score (nSPS) is 12.4. The largest absolute Gasteiger partial charge is 0.356 e. The maximum atomic E-state index is 11.4. The Morgan fingerprint density at radius 3 is 2.44 bits per heavy atom. The summed E-state index contributed by atoms with van der Waals surface area (Å²) in [6.45, 7) is 5.61. The van der Waals surface area contributed by atoms with E-state index in [1.807, 2.05) is 6.92 Å². The van der Waals surface area contributed by atoms with E-state index in [1.54, 1.807) is 0 Å². The van der Waals surface area contributed by atoms with Crippen LogP contribution < -0.4 is 11.1 Å². The van der Waals surface area contributed by atoms with E-state index in [-0.39, 0.29) is 5.91 Å². The summed E-state index contributed by atoms with van der Waals surface area (Å²) >= 11 is 0. The lowest BCUT2D eigenvalue weighted by atomic mass is 10.1. The van der Waals surface area contributed by atoms with E-state index < -0.39 is 0 Å². The molecule has 3 N–H and O–H groups in total. The fourth-order valence-electron chi connectivity index (χ4n) is 1.53. The van der Waals surface area contributed by atoms with Gasteiger partial charge in [0.1, 0.15) is 0 Å². The molecule has 0 saturated carbocycles. The summed E-state index contributed by atoms with van der Waals surface area (Å²) in [4.78, 5) is 11.4. The average Bonchev–Trinajstić information content (AvgIpc) is 2.30. The van der Waals surface area contributed by atoms with Crippen LogP contribution in [-0.4, -0.2) is 19.0 Å². The molecule has 0 rings (SSSR count). The Balaban J connectivity index is 3.24. The fraction of sp³-hybridized carbons (Fsp3) is 0.923. The Labute approximate surface area is 100 Å². The van der Waals surface area contributed by atoms with Crippen LogP contribution in [-0.2, 0) is 4.79 Å². The molecule has 0 aromatic heterocycles. The molecule has 0 spiro atoms. The van der Waals surface area contributed by atoms with Gasteiger partial charge in [0.25, 0.3) is 0 Å². The van der Waals surface area contributed by atoms with Gasteiger partial charge in [-0.25, -0.2) is 0 Å². The van der Waals surface area contributed by atoms with Crippen LogP contribution in [0, 0.1) is 5.92 Å². The van der Waals surface area contributed by atoms with E-state index in [0.717, 1.165) is 6.42 Å². The topological polar surface area (TPSA) is 55.1 Å². The molecule has 0 heterocycles. The van der Waals surface area contributed by atoms with Crippen LogP contribution in [0.25, 0.3) is 0 Å². The lowest BCUT2D eigenvalue weighted by molar-refractivity contribution is -0.121. The summed E-state index contributed by atoms with van der Waals surface area (Å²) in [5, 5.41) is 2.92. The molecule has 0 fully saturated rings. The quantitative estimate of drug-likeness (QED) is 0.564. The molecule has 0 bridgehead atoms. The van der Waals surface area contributed by atoms with Crippen molar-refractivity contribution in [2.45, 2.75) is 58.8 Å². The van der Waals surface area contributed by atoms with Gasteiger partial charge < -0.3 is 11.1 Å². The summed E-state index contributed by atoms with van der Waals surface area (Å²) in [6.07, 6.45) is 8.04. The number of unbranched alkanes of at least 4 members (excludes halogenated alkanes) is 5. The summed E-state index contributed by atoms with van der Waals surface area (Å²) in [5.74, 6) is 0.560. The van der Waals surface area contributed by atoms with E-state index in [1.165, 1.54) is 32.1 Å². The van der Waals surface area contributed by atoms with Gasteiger partial charge in [0.15, 0.2) is 0 Å². The zero-order chi connectivity index (χ0) is 12.2. The predicted octanol–water partition coefficient (Wildman–Crippen LogP) is 2.45. The van der Waals surface area contributed by atoms with Crippen molar-refractivity contribution in [2.24, 2.45) is 11.7 Å². The first-order valence-corrected chi connectivity index (χ1v) is 6.67. The number of nitrogens with two attached hydrogens (primary N) is 1. The number of carbonyl (C=O) groups is 1. The second-order valence-electron chi connectivity index (χ2n) is 4.66. The van der Waals surface area contributed by atoms with Crippen molar-refractivity contribution in [3.63, 3.8) is 0 Å². The highest BCUT2D eigenvalue weighted by Gasteiger charge is 2.03. The molecule has 0 radical (unpaired) electrons. The van der Waals surface area contributed by atoms with Crippen LogP contribution in [0.4, 0.5) is 0 Å². The molecule has 1 atom stereocenters. The molecule has 0 aliphatic heterocycles. The van der Waals surface area contributed by atoms with Crippen LogP contribution in [0.15, 0.2) is 0 Å². The van der Waals surface area contributed by atoms with Crippen LogP contribution in [0.1, 0.15) is 58.8 Å². The molecule has 3 heteroatoms. The molecule has 0 aliphatic rings. The molecular formula is C13H28N2O. The van der Waals surface area contributed by atoms with Crippen molar-refractivity contribution in [2.75, 3.05) is 13.1 Å². The molecule has 96 valence electrons. The number of amides is 1. The highest BCUT2D eigenvalue weighted by Crippen LogP contribution is 2.06. The van der Waals surface area contributed by atoms with E-state index in [0.29, 0.717) is 25.4 Å². The maximum absolute atomic E-state index is 11.4. The van der Waals surface area contributed by atoms with Crippen LogP contribution in [0.5, 0.6) is 0 Å². The van der Waals surface area contributed by atoms with Crippen molar-refractivity contribution in [1.82, 2.24) is 5.32 Å². The molecule has 0 aromatic rings. The number of nitrogens with one attached hydrogen (secondary N) is 1. The van der Waals surface area contributed by atoms with Gasteiger partial charge in [-0.2, -0.15) is 0 Å². The Morgan fingerprint density at radius 2 is 1.81 bits per heavy atom. The summed E-state index contributed by atoms with van der Waals surface area (Å²) < 4.78 is 0. The van der Waals surface area contributed by atoms with E-state index in [2.05, 4.69) is 12.2 Å². The Kier molecular flexibility index (Phi) is 10.5. The van der Waals surface area contributed by atoms with Gasteiger partial charge >= 0.3 is 0 Å². The molecule has 0 aromatic carbocycles. The summed E-state index contributed by atoms with van der Waals surface area (Å²) in [7, 11) is 0. The second-order valence-corrected chi connectivity index (χ2v) is 4.66. The Hall–Kier alpha value is -0.570. The Bertz CT molecular complexity index is 171. The SMILES string of the molecule is CCCCCCCCC(=O)NCC(C)CN. The number of carbonyl (C=O) groups excluding carboxylic acids is 1. The zero-order valence-electron chi connectivity index (χ0n) is 10.9. The zero-order valence-corrected chi connectivity index (χ0v) is 10.9. The van der Waals surface area contributed by atoms with Crippen molar-refractivity contribution in [1.29, 1.82) is 0 Å². The van der Waals surface area contributed by atoms with E-state index in [9.17, 15) is 4.79 Å². The van der Waals surface area contributed by atoms with Crippen molar-refractivity contribution in [3.8, 4) is 0 Å². The molecule has 0 saturated heterocycles. The minimum Gasteiger partial charge on any atom is -0.356 e. The Morgan fingerprint density at radius 1 is 1.19 bits per heavy atom. The standard InChI is InChI=1S/C13H28N2O/c1-3-4-5-6-7-8-9-13(16)15-11-12(2)10-14/h12H,3-11,14H2,1-2H3,(H,15,16). The number of hydrogen-bond acceptors (Lipinski definition) is 2. The van der Waals surface area contributed by atoms with Gasteiger partial charge in [-0.3, -0.25) is 4.79 Å². The van der Waals surface area contributed by atoms with Gasteiger partial charge in [-0.05, 0) is 18.9 Å². The third-order valence-corrected chi connectivity index (χ3v) is 2.81. The molecule has 16 heavy (non-hydrogen) atoms. The van der Waals surface area contributed by atoms with E-state index in [4.69, 9.17) is 5.73 Å². The van der Waals surface area contributed by atoms with Crippen LogP contribution in [0.2, 0.25) is 0 Å². The van der Waals surface area contributed by atoms with Gasteiger partial charge in [0.05, 0.1) is 0 Å². The molecule has 1 amide bonds. The summed E-state index contributed by atoms with van der Waals surface area (Å²) in [6, 6.07) is 0. The average molecular weight is 228 g/mol. The number of hydrogen-bond donors (Lipinski definition) is 2. The first kappa shape index (κ1) is 15.4. The van der Waals surface area contributed by atoms with E-state index >= 15 is 0 Å². The first-order valence-electron chi connectivity index (χ1n) is 6.67. The molecular weight excluding hydrogens is 200 g/mol. The maximum Gasteiger partial charge on any atom is 0.220 e. The van der Waals surface area contributed by atoms with Gasteiger partial charge in [-0.1, -0.05) is 46.0 Å². The second kappa shape index (κ2) is 10.9. The van der Waals surface area contributed by atoms with Gasteiger partial charge in [0.2, 0.25) is 5.91 Å². The fourth-order valence-corrected chi connectivity index (χ4v) is 1.53. The minimum atomic E-state index is 0.177. The third-order valence-electron chi connectivity index (χ3n) is 2.81. The number of rotatable bonds is 10. The highest BCUT2D eigenvalue weighted by atomic mass is 16.1.